The first kappa shape index (κ1) is 13.4. The van der Waals surface area contributed by atoms with Crippen molar-refractivity contribution in [3.8, 4) is 11.6 Å². The average Bonchev–Trinajstić information content (AvgIpc) is 2.31. The predicted molar refractivity (Wildman–Crippen MR) is 77.7 cm³/mol. The quantitative estimate of drug-likeness (QED) is 0.755. The van der Waals surface area contributed by atoms with Gasteiger partial charge >= 0.3 is 0 Å². The van der Waals surface area contributed by atoms with Gasteiger partial charge in [-0.1, -0.05) is 11.6 Å². The monoisotopic (exact) mass is 325 g/mol. The molecule has 0 spiro atoms. The molecule has 0 atom stereocenters. The van der Waals surface area contributed by atoms with Crippen LogP contribution in [0.1, 0.15) is 16.7 Å². The summed E-state index contributed by atoms with van der Waals surface area (Å²) >= 11 is 9.53. The third-order valence-electron chi connectivity index (χ3n) is 2.65. The van der Waals surface area contributed by atoms with Crippen LogP contribution >= 0.6 is 27.5 Å². The molecule has 0 aliphatic heterocycles. The normalized spacial score (nSPS) is 10.5. The number of aromatic nitrogens is 1. The van der Waals surface area contributed by atoms with Gasteiger partial charge in [0.1, 0.15) is 5.75 Å². The number of nitrogens with zero attached hydrogens (tertiary/aromatic N) is 1. The molecule has 1 heterocycles. The van der Waals surface area contributed by atoms with Gasteiger partial charge in [-0.05, 0) is 65.5 Å². The molecular formula is C14H13BrClNO. The number of pyridine rings is 1. The Kier molecular flexibility index (Phi) is 3.93. The van der Waals surface area contributed by atoms with Crippen LogP contribution in [-0.4, -0.2) is 4.98 Å². The molecule has 94 valence electrons. The van der Waals surface area contributed by atoms with Crippen molar-refractivity contribution in [3.63, 3.8) is 0 Å². The molecule has 18 heavy (non-hydrogen) atoms. The highest BCUT2D eigenvalue weighted by molar-refractivity contribution is 9.10. The smallest absolute Gasteiger partial charge is 0.219 e. The van der Waals surface area contributed by atoms with Crippen LogP contribution in [0.3, 0.4) is 0 Å². The van der Waals surface area contributed by atoms with Crippen molar-refractivity contribution in [2.24, 2.45) is 0 Å². The van der Waals surface area contributed by atoms with Gasteiger partial charge in [0.2, 0.25) is 5.88 Å². The Morgan fingerprint density at radius 1 is 1.06 bits per heavy atom. The fraction of sp³-hybridized carbons (Fsp3) is 0.214. The number of rotatable bonds is 2. The number of halogens is 2. The highest BCUT2D eigenvalue weighted by Crippen LogP contribution is 2.29. The maximum atomic E-state index is 6.12. The molecule has 2 aromatic rings. The number of ether oxygens (including phenoxy) is 1. The van der Waals surface area contributed by atoms with Gasteiger partial charge in [-0.25, -0.2) is 4.98 Å². The number of aryl methyl sites for hydroxylation is 3. The topological polar surface area (TPSA) is 22.1 Å². The SMILES string of the molecule is Cc1cc(Oc2cc(C)c(Cl)c(C)c2)ncc1Br. The van der Waals surface area contributed by atoms with Gasteiger partial charge in [0.05, 0.1) is 0 Å². The van der Waals surface area contributed by atoms with E-state index < -0.39 is 0 Å². The largest absolute Gasteiger partial charge is 0.439 e. The molecule has 0 amide bonds. The number of hydrogen-bond acceptors (Lipinski definition) is 2. The van der Waals surface area contributed by atoms with Crippen molar-refractivity contribution in [1.29, 1.82) is 0 Å². The predicted octanol–water partition coefficient (Wildman–Crippen LogP) is 5.22. The summed E-state index contributed by atoms with van der Waals surface area (Å²) in [7, 11) is 0. The third kappa shape index (κ3) is 2.85. The highest BCUT2D eigenvalue weighted by Gasteiger charge is 2.06. The van der Waals surface area contributed by atoms with E-state index in [0.29, 0.717) is 5.88 Å². The van der Waals surface area contributed by atoms with Gasteiger partial charge < -0.3 is 4.74 Å². The molecular weight excluding hydrogens is 314 g/mol. The summed E-state index contributed by atoms with van der Waals surface area (Å²) in [6.07, 6.45) is 1.74. The second-order valence-corrected chi connectivity index (χ2v) is 5.48. The third-order valence-corrected chi connectivity index (χ3v) is 4.08. The van der Waals surface area contributed by atoms with Crippen LogP contribution in [0.4, 0.5) is 0 Å². The van der Waals surface area contributed by atoms with Crippen molar-refractivity contribution in [3.05, 3.63) is 50.6 Å². The summed E-state index contributed by atoms with van der Waals surface area (Å²) in [5, 5.41) is 0.780. The van der Waals surface area contributed by atoms with Crippen molar-refractivity contribution < 1.29 is 4.74 Å². The van der Waals surface area contributed by atoms with Crippen LogP contribution in [0.25, 0.3) is 0 Å². The molecule has 2 nitrogen and oxygen atoms in total. The Morgan fingerprint density at radius 3 is 2.22 bits per heavy atom. The lowest BCUT2D eigenvalue weighted by molar-refractivity contribution is 0.461. The van der Waals surface area contributed by atoms with E-state index >= 15 is 0 Å². The van der Waals surface area contributed by atoms with Crippen LogP contribution in [0.15, 0.2) is 28.9 Å². The Bertz CT molecular complexity index is 575. The van der Waals surface area contributed by atoms with E-state index in [9.17, 15) is 0 Å². The Balaban J connectivity index is 2.31. The first-order chi connectivity index (χ1) is 8.47. The first-order valence-electron chi connectivity index (χ1n) is 5.54. The molecule has 0 fully saturated rings. The minimum Gasteiger partial charge on any atom is -0.439 e. The van der Waals surface area contributed by atoms with Crippen LogP contribution < -0.4 is 4.74 Å². The lowest BCUT2D eigenvalue weighted by atomic mass is 10.1. The molecule has 4 heteroatoms. The van der Waals surface area contributed by atoms with Gasteiger partial charge in [-0.3, -0.25) is 0 Å². The van der Waals surface area contributed by atoms with Gasteiger partial charge in [-0.2, -0.15) is 0 Å². The number of hydrogen-bond donors (Lipinski definition) is 0. The minimum atomic E-state index is 0.580. The average molecular weight is 327 g/mol. The Labute approximate surface area is 120 Å². The van der Waals surface area contributed by atoms with E-state index in [1.807, 2.05) is 39.0 Å². The molecule has 0 radical (unpaired) electrons. The summed E-state index contributed by atoms with van der Waals surface area (Å²) in [6, 6.07) is 5.71. The summed E-state index contributed by atoms with van der Waals surface area (Å²) in [6.45, 7) is 5.92. The maximum Gasteiger partial charge on any atom is 0.219 e. The van der Waals surface area contributed by atoms with Crippen LogP contribution in [0.5, 0.6) is 11.6 Å². The van der Waals surface area contributed by atoms with E-state index in [0.717, 1.165) is 31.9 Å². The first-order valence-corrected chi connectivity index (χ1v) is 6.71. The fourth-order valence-electron chi connectivity index (χ4n) is 1.66. The lowest BCUT2D eigenvalue weighted by Gasteiger charge is -2.09. The van der Waals surface area contributed by atoms with E-state index in [1.165, 1.54) is 0 Å². The minimum absolute atomic E-state index is 0.580. The molecule has 2 rings (SSSR count). The molecule has 1 aromatic carbocycles. The number of benzene rings is 1. The van der Waals surface area contributed by atoms with Crippen molar-refractivity contribution in [2.45, 2.75) is 20.8 Å². The summed E-state index contributed by atoms with van der Waals surface area (Å²) in [4.78, 5) is 4.21. The van der Waals surface area contributed by atoms with Gasteiger partial charge in [-0.15, -0.1) is 0 Å². The van der Waals surface area contributed by atoms with Crippen molar-refractivity contribution in [1.82, 2.24) is 4.98 Å². The van der Waals surface area contributed by atoms with E-state index in [-0.39, 0.29) is 0 Å². The van der Waals surface area contributed by atoms with Crippen molar-refractivity contribution in [2.75, 3.05) is 0 Å². The molecule has 0 saturated carbocycles. The van der Waals surface area contributed by atoms with Crippen molar-refractivity contribution >= 4 is 27.5 Å². The lowest BCUT2D eigenvalue weighted by Crippen LogP contribution is -1.91. The Morgan fingerprint density at radius 2 is 1.67 bits per heavy atom. The van der Waals surface area contributed by atoms with Gasteiger partial charge in [0, 0.05) is 21.8 Å². The molecule has 0 N–H and O–H groups in total. The van der Waals surface area contributed by atoms with E-state index in [2.05, 4.69) is 20.9 Å². The zero-order chi connectivity index (χ0) is 13.3. The van der Waals surface area contributed by atoms with Gasteiger partial charge in [0.15, 0.2) is 0 Å². The van der Waals surface area contributed by atoms with Gasteiger partial charge in [0.25, 0.3) is 0 Å². The second kappa shape index (κ2) is 5.29. The van der Waals surface area contributed by atoms with Crippen LogP contribution in [0.2, 0.25) is 5.02 Å². The molecule has 0 bridgehead atoms. The maximum absolute atomic E-state index is 6.12. The summed E-state index contributed by atoms with van der Waals surface area (Å²) in [5.41, 5.74) is 3.09. The zero-order valence-electron chi connectivity index (χ0n) is 10.4. The second-order valence-electron chi connectivity index (χ2n) is 4.24. The van der Waals surface area contributed by atoms with E-state index in [1.54, 1.807) is 6.20 Å². The molecule has 0 unspecified atom stereocenters. The molecule has 0 aliphatic rings. The van der Waals surface area contributed by atoms with E-state index in [4.69, 9.17) is 16.3 Å². The summed E-state index contributed by atoms with van der Waals surface area (Å²) in [5.74, 6) is 1.33. The van der Waals surface area contributed by atoms with Crippen LogP contribution in [-0.2, 0) is 0 Å². The van der Waals surface area contributed by atoms with Crippen LogP contribution in [0, 0.1) is 20.8 Å². The fourth-order valence-corrected chi connectivity index (χ4v) is 1.98. The Hall–Kier alpha value is -1.06. The standard InChI is InChI=1S/C14H13BrClNO/c1-8-6-13(17-7-12(8)15)18-11-4-9(2)14(16)10(3)5-11/h4-7H,1-3H3. The zero-order valence-corrected chi connectivity index (χ0v) is 12.8. The molecule has 0 aliphatic carbocycles. The molecule has 1 aromatic heterocycles. The molecule has 0 saturated heterocycles. The summed E-state index contributed by atoms with van der Waals surface area (Å²) < 4.78 is 6.71. The highest BCUT2D eigenvalue weighted by atomic mass is 79.9.